The van der Waals surface area contributed by atoms with Crippen molar-refractivity contribution < 1.29 is 9.05 Å². The zero-order valence-electron chi connectivity index (χ0n) is 21.9. The van der Waals surface area contributed by atoms with E-state index in [1.807, 2.05) is 60.7 Å². The van der Waals surface area contributed by atoms with Crippen LogP contribution in [-0.2, 0) is 6.54 Å². The molecule has 2 atom stereocenters. The van der Waals surface area contributed by atoms with Gasteiger partial charge in [-0.25, -0.2) is 4.67 Å². The minimum atomic E-state index is -1.11. The first-order valence-electron chi connectivity index (χ1n) is 12.2. The highest BCUT2D eigenvalue weighted by molar-refractivity contribution is 7.60. The van der Waals surface area contributed by atoms with E-state index < -0.39 is 16.4 Å². The van der Waals surface area contributed by atoms with Gasteiger partial charge in [0.05, 0.1) is 0 Å². The molecule has 37 heavy (non-hydrogen) atoms. The van der Waals surface area contributed by atoms with Crippen LogP contribution in [0.15, 0.2) is 84.9 Å². The molecule has 5 heteroatoms. The van der Waals surface area contributed by atoms with Crippen molar-refractivity contribution in [1.82, 2.24) is 4.67 Å². The molecule has 0 aliphatic carbocycles. The summed E-state index contributed by atoms with van der Waals surface area (Å²) >= 11 is 0. The lowest BCUT2D eigenvalue weighted by molar-refractivity contribution is 0.239. The van der Waals surface area contributed by atoms with E-state index in [0.717, 1.165) is 30.4 Å². The fourth-order valence-electron chi connectivity index (χ4n) is 3.40. The Kier molecular flexibility index (Phi) is 11.1. The van der Waals surface area contributed by atoms with Crippen molar-refractivity contribution in [1.29, 1.82) is 0 Å². The Morgan fingerprint density at radius 2 is 1.35 bits per heavy atom. The second-order valence-electron chi connectivity index (χ2n) is 9.33. The molecule has 0 saturated heterocycles. The molecule has 3 aromatic rings. The van der Waals surface area contributed by atoms with Crippen LogP contribution in [0.5, 0.6) is 11.5 Å². The molecule has 3 nitrogen and oxygen atoms in total. The van der Waals surface area contributed by atoms with E-state index in [1.54, 1.807) is 0 Å². The van der Waals surface area contributed by atoms with Crippen LogP contribution in [-0.4, -0.2) is 22.5 Å². The van der Waals surface area contributed by atoms with E-state index in [0.29, 0.717) is 0 Å². The van der Waals surface area contributed by atoms with Crippen molar-refractivity contribution in [2.75, 3.05) is 12.3 Å². The molecule has 0 amide bonds. The normalized spacial score (nSPS) is 12.2. The number of terminal acetylenes is 1. The summed E-state index contributed by atoms with van der Waals surface area (Å²) in [6, 6.07) is 28.6. The Bertz CT molecular complexity index is 1270. The largest absolute Gasteiger partial charge is 0.461 e. The van der Waals surface area contributed by atoms with Gasteiger partial charge in [0, 0.05) is 24.4 Å². The Labute approximate surface area is 225 Å². The molecule has 0 bridgehead atoms. The molecular formula is C32H33NO2P2. The number of aryl methyl sites for hydroxylation is 1. The molecule has 3 aromatic carbocycles. The summed E-state index contributed by atoms with van der Waals surface area (Å²) < 4.78 is 15.5. The van der Waals surface area contributed by atoms with Crippen LogP contribution >= 0.6 is 16.4 Å². The Morgan fingerprint density at radius 3 is 1.92 bits per heavy atom. The van der Waals surface area contributed by atoms with Crippen molar-refractivity contribution in [2.24, 2.45) is 0 Å². The van der Waals surface area contributed by atoms with Crippen molar-refractivity contribution in [3.8, 4) is 47.3 Å². The van der Waals surface area contributed by atoms with Gasteiger partial charge in [-0.3, -0.25) is 0 Å². The molecule has 0 spiro atoms. The molecule has 188 valence electrons. The van der Waals surface area contributed by atoms with Crippen LogP contribution in [0.1, 0.15) is 31.9 Å². The van der Waals surface area contributed by atoms with Crippen LogP contribution in [0.2, 0.25) is 0 Å². The highest BCUT2D eigenvalue weighted by Crippen LogP contribution is 2.50. The maximum absolute atomic E-state index is 6.69. The van der Waals surface area contributed by atoms with Gasteiger partial charge in [-0.1, -0.05) is 66.2 Å². The fourth-order valence-corrected chi connectivity index (χ4v) is 7.41. The molecule has 0 fully saturated rings. The third-order valence-corrected chi connectivity index (χ3v) is 9.36. The number of hydrogen-bond donors (Lipinski definition) is 0. The van der Waals surface area contributed by atoms with Gasteiger partial charge < -0.3 is 9.05 Å². The first kappa shape index (κ1) is 28.3. The second kappa shape index (κ2) is 14.5. The summed E-state index contributed by atoms with van der Waals surface area (Å²) in [7, 11) is -2.12. The van der Waals surface area contributed by atoms with Gasteiger partial charge in [-0.05, 0) is 86.9 Å². The van der Waals surface area contributed by atoms with Gasteiger partial charge in [-0.2, -0.15) is 0 Å². The lowest BCUT2D eigenvalue weighted by Gasteiger charge is -2.40. The van der Waals surface area contributed by atoms with Crippen molar-refractivity contribution in [2.45, 2.75) is 39.8 Å². The SMILES string of the molecule is C#CC#CC#CP(CCP(Oc1ccccc1)N(Cc1ccc(C)cc1)C(C)(C)C)Oc1ccccc1. The average Bonchev–Trinajstić information content (AvgIpc) is 2.89. The number of para-hydroxylation sites is 2. The van der Waals surface area contributed by atoms with Crippen molar-refractivity contribution >= 4 is 16.4 Å². The Morgan fingerprint density at radius 1 is 0.757 bits per heavy atom. The van der Waals surface area contributed by atoms with E-state index in [2.05, 4.69) is 86.0 Å². The zero-order chi connectivity index (χ0) is 26.5. The molecule has 2 unspecified atom stereocenters. The van der Waals surface area contributed by atoms with Crippen molar-refractivity contribution in [3.63, 3.8) is 0 Å². The van der Waals surface area contributed by atoms with Gasteiger partial charge in [0.25, 0.3) is 0 Å². The van der Waals surface area contributed by atoms with Gasteiger partial charge in [-0.15, -0.1) is 6.42 Å². The zero-order valence-corrected chi connectivity index (χ0v) is 23.7. The number of hydrogen-bond acceptors (Lipinski definition) is 3. The first-order valence-corrected chi connectivity index (χ1v) is 15.0. The quantitative estimate of drug-likeness (QED) is 0.197. The van der Waals surface area contributed by atoms with Gasteiger partial charge in [0.1, 0.15) is 11.5 Å². The standard InChI is InChI=1S/C32H33NO2P2/c1-6-7-8-15-24-36(34-30-16-11-9-12-17-30)25-26-37(35-31-18-13-10-14-19-31)33(32(3,4)5)27-29-22-20-28(2)21-23-29/h1,9-14,16-23H,25-27H2,2-5H3. The molecule has 0 saturated carbocycles. The highest BCUT2D eigenvalue weighted by atomic mass is 31.2. The highest BCUT2D eigenvalue weighted by Gasteiger charge is 2.32. The maximum atomic E-state index is 6.69. The summed E-state index contributed by atoms with van der Waals surface area (Å²) in [6.45, 7) is 9.62. The lowest BCUT2D eigenvalue weighted by atomic mass is 10.1. The van der Waals surface area contributed by atoms with Gasteiger partial charge in [0.2, 0.25) is 0 Å². The Balaban J connectivity index is 1.88. The van der Waals surface area contributed by atoms with Crippen LogP contribution in [0, 0.1) is 42.7 Å². The maximum Gasteiger partial charge on any atom is 0.166 e. The third kappa shape index (κ3) is 9.97. The summed E-state index contributed by atoms with van der Waals surface area (Å²) in [6.07, 6.45) is 6.79. The number of nitrogens with zero attached hydrogens (tertiary/aromatic N) is 1. The van der Waals surface area contributed by atoms with E-state index in [4.69, 9.17) is 15.5 Å². The van der Waals surface area contributed by atoms with Crippen LogP contribution in [0.4, 0.5) is 0 Å². The predicted octanol–water partition coefficient (Wildman–Crippen LogP) is 8.06. The molecule has 0 aromatic heterocycles. The van der Waals surface area contributed by atoms with Gasteiger partial charge >= 0.3 is 0 Å². The second-order valence-corrected chi connectivity index (χ2v) is 12.8. The molecule has 0 radical (unpaired) electrons. The summed E-state index contributed by atoms with van der Waals surface area (Å²) in [5.41, 5.74) is 5.62. The van der Waals surface area contributed by atoms with Crippen LogP contribution in [0.25, 0.3) is 0 Å². The minimum absolute atomic E-state index is 0.113. The third-order valence-electron chi connectivity index (χ3n) is 5.28. The van der Waals surface area contributed by atoms with E-state index in [-0.39, 0.29) is 5.54 Å². The summed E-state index contributed by atoms with van der Waals surface area (Å²) in [5.74, 6) is 12.1. The smallest absolute Gasteiger partial charge is 0.166 e. The predicted molar refractivity (Wildman–Crippen MR) is 159 cm³/mol. The lowest BCUT2D eigenvalue weighted by Crippen LogP contribution is -2.38. The fraction of sp³-hybridized carbons (Fsp3) is 0.250. The van der Waals surface area contributed by atoms with Crippen LogP contribution in [0.3, 0.4) is 0 Å². The molecular weight excluding hydrogens is 492 g/mol. The molecule has 0 aliphatic heterocycles. The van der Waals surface area contributed by atoms with Crippen LogP contribution < -0.4 is 9.05 Å². The summed E-state index contributed by atoms with van der Waals surface area (Å²) in [4.78, 5) is 0. The average molecular weight is 526 g/mol. The Hall–Kier alpha value is -3.24. The molecule has 0 N–H and O–H groups in total. The topological polar surface area (TPSA) is 21.7 Å². The minimum Gasteiger partial charge on any atom is -0.461 e. The van der Waals surface area contributed by atoms with E-state index >= 15 is 0 Å². The monoisotopic (exact) mass is 525 g/mol. The first-order chi connectivity index (χ1) is 17.8. The van der Waals surface area contributed by atoms with Crippen molar-refractivity contribution in [3.05, 3.63) is 96.1 Å². The van der Waals surface area contributed by atoms with Gasteiger partial charge in [0.15, 0.2) is 16.4 Å². The molecule has 0 heterocycles. The van der Waals surface area contributed by atoms with E-state index in [1.165, 1.54) is 11.1 Å². The molecule has 0 aliphatic rings. The molecule has 3 rings (SSSR count). The van der Waals surface area contributed by atoms with E-state index in [9.17, 15) is 0 Å². The number of rotatable bonds is 10. The number of benzene rings is 3. The summed E-state index contributed by atoms with van der Waals surface area (Å²) in [5, 5.41) is 0.